The van der Waals surface area contributed by atoms with Crippen LogP contribution in [-0.2, 0) is 6.61 Å². The Hall–Kier alpha value is -1.75. The van der Waals surface area contributed by atoms with Crippen LogP contribution in [0, 0.1) is 12.7 Å². The van der Waals surface area contributed by atoms with Crippen molar-refractivity contribution < 1.29 is 9.50 Å². The number of hydrogen-bond donors (Lipinski definition) is 1. The standard InChI is InChI=1S/C13H16FN3O/c1-8(2)17-12(7-18)15-16-13(17)10-4-9(3)5-11(14)6-10/h4-6,8,18H,7H2,1-3H3. The molecule has 0 fully saturated rings. The van der Waals surface area contributed by atoms with Gasteiger partial charge in [-0.1, -0.05) is 0 Å². The monoisotopic (exact) mass is 249 g/mol. The lowest BCUT2D eigenvalue weighted by molar-refractivity contribution is 0.262. The number of rotatable bonds is 3. The largest absolute Gasteiger partial charge is 0.388 e. The summed E-state index contributed by atoms with van der Waals surface area (Å²) in [5, 5.41) is 17.2. The second-order valence-electron chi connectivity index (χ2n) is 4.58. The molecule has 4 nitrogen and oxygen atoms in total. The van der Waals surface area contributed by atoms with Gasteiger partial charge < -0.3 is 9.67 Å². The van der Waals surface area contributed by atoms with Crippen LogP contribution in [0.5, 0.6) is 0 Å². The zero-order valence-electron chi connectivity index (χ0n) is 10.7. The normalized spacial score (nSPS) is 11.2. The zero-order chi connectivity index (χ0) is 13.3. The highest BCUT2D eigenvalue weighted by Gasteiger charge is 2.16. The molecule has 1 heterocycles. The van der Waals surface area contributed by atoms with Crippen molar-refractivity contribution in [2.45, 2.75) is 33.4 Å². The Bertz CT molecular complexity index is 543. The molecule has 96 valence electrons. The number of aliphatic hydroxyl groups excluding tert-OH is 1. The highest BCUT2D eigenvalue weighted by atomic mass is 19.1. The molecule has 0 saturated heterocycles. The predicted octanol–water partition coefficient (Wildman–Crippen LogP) is 2.47. The Labute approximate surface area is 105 Å². The molecule has 0 unspecified atom stereocenters. The van der Waals surface area contributed by atoms with E-state index in [2.05, 4.69) is 10.2 Å². The summed E-state index contributed by atoms with van der Waals surface area (Å²) in [4.78, 5) is 0. The lowest BCUT2D eigenvalue weighted by Crippen LogP contribution is -2.08. The van der Waals surface area contributed by atoms with Gasteiger partial charge in [0.25, 0.3) is 0 Å². The molecule has 0 atom stereocenters. The third-order valence-corrected chi connectivity index (χ3v) is 2.72. The average molecular weight is 249 g/mol. The first-order chi connectivity index (χ1) is 8.52. The molecular weight excluding hydrogens is 233 g/mol. The molecule has 0 amide bonds. The van der Waals surface area contributed by atoms with E-state index in [4.69, 9.17) is 0 Å². The van der Waals surface area contributed by atoms with Crippen molar-refractivity contribution in [3.05, 3.63) is 35.4 Å². The maximum Gasteiger partial charge on any atom is 0.164 e. The van der Waals surface area contributed by atoms with Gasteiger partial charge in [0.05, 0.1) is 0 Å². The highest BCUT2D eigenvalue weighted by Crippen LogP contribution is 2.24. The molecule has 1 N–H and O–H groups in total. The highest BCUT2D eigenvalue weighted by molar-refractivity contribution is 5.57. The molecule has 5 heteroatoms. The fourth-order valence-electron chi connectivity index (χ4n) is 2.04. The van der Waals surface area contributed by atoms with E-state index in [0.717, 1.165) is 5.56 Å². The van der Waals surface area contributed by atoms with Crippen molar-refractivity contribution in [3.8, 4) is 11.4 Å². The minimum absolute atomic E-state index is 0.0979. The number of nitrogens with zero attached hydrogens (tertiary/aromatic N) is 3. The van der Waals surface area contributed by atoms with Crippen molar-refractivity contribution >= 4 is 0 Å². The quantitative estimate of drug-likeness (QED) is 0.909. The zero-order valence-corrected chi connectivity index (χ0v) is 10.7. The number of aliphatic hydroxyl groups is 1. The number of halogens is 1. The first-order valence-electron chi connectivity index (χ1n) is 5.85. The summed E-state index contributed by atoms with van der Waals surface area (Å²) in [6.07, 6.45) is 0. The minimum atomic E-state index is -0.297. The van der Waals surface area contributed by atoms with E-state index in [9.17, 15) is 9.50 Å². The Kier molecular flexibility index (Phi) is 3.43. The molecule has 0 aliphatic carbocycles. The molecule has 18 heavy (non-hydrogen) atoms. The van der Waals surface area contributed by atoms with Gasteiger partial charge in [-0.2, -0.15) is 0 Å². The lowest BCUT2D eigenvalue weighted by atomic mass is 10.1. The number of hydrogen-bond acceptors (Lipinski definition) is 3. The third-order valence-electron chi connectivity index (χ3n) is 2.72. The smallest absolute Gasteiger partial charge is 0.164 e. The molecule has 1 aromatic heterocycles. The molecular formula is C13H16FN3O. The first kappa shape index (κ1) is 12.7. The van der Waals surface area contributed by atoms with E-state index in [-0.39, 0.29) is 18.5 Å². The topological polar surface area (TPSA) is 50.9 Å². The second kappa shape index (κ2) is 4.86. The van der Waals surface area contributed by atoms with Crippen LogP contribution in [0.4, 0.5) is 4.39 Å². The van der Waals surface area contributed by atoms with Gasteiger partial charge in [0.2, 0.25) is 0 Å². The van der Waals surface area contributed by atoms with Crippen molar-refractivity contribution in [2.75, 3.05) is 0 Å². The van der Waals surface area contributed by atoms with Crippen LogP contribution in [-0.4, -0.2) is 19.9 Å². The van der Waals surface area contributed by atoms with Crippen LogP contribution in [0.15, 0.2) is 18.2 Å². The molecule has 0 aliphatic heterocycles. The van der Waals surface area contributed by atoms with E-state index in [1.54, 1.807) is 0 Å². The van der Waals surface area contributed by atoms with Gasteiger partial charge >= 0.3 is 0 Å². The van der Waals surface area contributed by atoms with E-state index in [0.29, 0.717) is 17.2 Å². The SMILES string of the molecule is Cc1cc(F)cc(-c2nnc(CO)n2C(C)C)c1. The van der Waals surface area contributed by atoms with E-state index in [1.807, 2.05) is 31.4 Å². The Morgan fingerprint density at radius 3 is 2.56 bits per heavy atom. The van der Waals surface area contributed by atoms with E-state index >= 15 is 0 Å². The Morgan fingerprint density at radius 2 is 2.00 bits per heavy atom. The molecule has 0 spiro atoms. The Balaban J connectivity index is 2.60. The second-order valence-corrected chi connectivity index (χ2v) is 4.58. The van der Waals surface area contributed by atoms with E-state index in [1.165, 1.54) is 12.1 Å². The number of aromatic nitrogens is 3. The fraction of sp³-hybridized carbons (Fsp3) is 0.385. The fourth-order valence-corrected chi connectivity index (χ4v) is 2.04. The summed E-state index contributed by atoms with van der Waals surface area (Å²) >= 11 is 0. The van der Waals surface area contributed by atoms with Crippen molar-refractivity contribution in [2.24, 2.45) is 0 Å². The van der Waals surface area contributed by atoms with Crippen molar-refractivity contribution in [1.82, 2.24) is 14.8 Å². The molecule has 0 aliphatic rings. The van der Waals surface area contributed by atoms with Crippen LogP contribution in [0.1, 0.15) is 31.3 Å². The first-order valence-corrected chi connectivity index (χ1v) is 5.85. The van der Waals surface area contributed by atoms with E-state index < -0.39 is 0 Å². The van der Waals surface area contributed by atoms with Crippen molar-refractivity contribution in [3.63, 3.8) is 0 Å². The van der Waals surface area contributed by atoms with Crippen LogP contribution in [0.3, 0.4) is 0 Å². The molecule has 2 aromatic rings. The van der Waals surface area contributed by atoms with Gasteiger partial charge in [-0.05, 0) is 44.5 Å². The van der Waals surface area contributed by atoms with Crippen LogP contribution >= 0.6 is 0 Å². The number of aryl methyl sites for hydroxylation is 1. The third kappa shape index (κ3) is 2.26. The van der Waals surface area contributed by atoms with Gasteiger partial charge in [-0.25, -0.2) is 4.39 Å². The van der Waals surface area contributed by atoms with Crippen LogP contribution in [0.25, 0.3) is 11.4 Å². The number of benzene rings is 1. The average Bonchev–Trinajstić information content (AvgIpc) is 2.71. The van der Waals surface area contributed by atoms with Gasteiger partial charge in [-0.3, -0.25) is 0 Å². The maximum absolute atomic E-state index is 13.4. The Morgan fingerprint density at radius 1 is 1.28 bits per heavy atom. The van der Waals surface area contributed by atoms with Crippen molar-refractivity contribution in [1.29, 1.82) is 0 Å². The predicted molar refractivity (Wildman–Crippen MR) is 66.5 cm³/mol. The summed E-state index contributed by atoms with van der Waals surface area (Å²) in [6.45, 7) is 5.59. The molecule has 0 bridgehead atoms. The summed E-state index contributed by atoms with van der Waals surface area (Å²) in [5.74, 6) is 0.771. The minimum Gasteiger partial charge on any atom is -0.388 e. The molecule has 1 aromatic carbocycles. The van der Waals surface area contributed by atoms with Gasteiger partial charge in [-0.15, -0.1) is 10.2 Å². The van der Waals surface area contributed by atoms with Crippen LogP contribution in [0.2, 0.25) is 0 Å². The van der Waals surface area contributed by atoms with Gasteiger partial charge in [0.15, 0.2) is 11.6 Å². The lowest BCUT2D eigenvalue weighted by Gasteiger charge is -2.13. The summed E-state index contributed by atoms with van der Waals surface area (Å²) in [6, 6.07) is 4.84. The van der Waals surface area contributed by atoms with Gasteiger partial charge in [0.1, 0.15) is 12.4 Å². The molecule has 0 radical (unpaired) electrons. The van der Waals surface area contributed by atoms with Crippen LogP contribution < -0.4 is 0 Å². The molecule has 0 saturated carbocycles. The van der Waals surface area contributed by atoms with Gasteiger partial charge in [0, 0.05) is 11.6 Å². The summed E-state index contributed by atoms with van der Waals surface area (Å²) < 4.78 is 15.2. The summed E-state index contributed by atoms with van der Waals surface area (Å²) in [5.41, 5.74) is 1.50. The maximum atomic E-state index is 13.4. The summed E-state index contributed by atoms with van der Waals surface area (Å²) in [7, 11) is 0. The molecule has 2 rings (SSSR count).